The second-order valence-corrected chi connectivity index (χ2v) is 4.54. The largest absolute Gasteiger partial charge is 0.497 e. The molecule has 0 aliphatic heterocycles. The van der Waals surface area contributed by atoms with Crippen molar-refractivity contribution >= 4 is 15.8 Å². The van der Waals surface area contributed by atoms with Gasteiger partial charge in [-0.15, -0.1) is 0 Å². The first-order chi connectivity index (χ1) is 6.20. The molecule has 0 amide bonds. The molecular weight excluding hydrogens is 225 g/mol. The van der Waals surface area contributed by atoms with E-state index in [9.17, 15) is 26.4 Å². The summed E-state index contributed by atoms with van der Waals surface area (Å²) in [6.07, 6.45) is -0.736. The average molecular weight is 234 g/mol. The molecule has 14 heavy (non-hydrogen) atoms. The van der Waals surface area contributed by atoms with Gasteiger partial charge < -0.3 is 4.74 Å². The molecule has 8 heteroatoms. The minimum Gasteiger partial charge on any atom is -0.469 e. The maximum absolute atomic E-state index is 11.7. The van der Waals surface area contributed by atoms with Crippen molar-refractivity contribution in [3.05, 3.63) is 0 Å². The van der Waals surface area contributed by atoms with E-state index in [2.05, 4.69) is 4.74 Å². The molecule has 0 rings (SSSR count). The fourth-order valence-electron chi connectivity index (χ4n) is 0.624. The molecule has 0 atom stereocenters. The van der Waals surface area contributed by atoms with E-state index in [1.807, 2.05) is 0 Å². The van der Waals surface area contributed by atoms with Crippen molar-refractivity contribution in [3.8, 4) is 0 Å². The van der Waals surface area contributed by atoms with Crippen LogP contribution in [0.25, 0.3) is 0 Å². The molecule has 0 aliphatic rings. The summed E-state index contributed by atoms with van der Waals surface area (Å²) in [5.74, 6) is -1.83. The van der Waals surface area contributed by atoms with Crippen molar-refractivity contribution in [2.75, 3.05) is 12.9 Å². The van der Waals surface area contributed by atoms with Crippen LogP contribution in [0, 0.1) is 0 Å². The molecule has 84 valence electrons. The molecular formula is C6H9F3O4S. The number of halogens is 3. The van der Waals surface area contributed by atoms with Gasteiger partial charge in [-0.3, -0.25) is 4.79 Å². The molecule has 0 fully saturated rings. The maximum Gasteiger partial charge on any atom is 0.497 e. The van der Waals surface area contributed by atoms with E-state index in [1.54, 1.807) is 0 Å². The quantitative estimate of drug-likeness (QED) is 0.677. The Balaban J connectivity index is 4.10. The lowest BCUT2D eigenvalue weighted by Gasteiger charge is -2.06. The average Bonchev–Trinajstić information content (AvgIpc) is 2.01. The Hall–Kier alpha value is -0.790. The number of hydrogen-bond donors (Lipinski definition) is 0. The number of rotatable bonds is 4. The Morgan fingerprint density at radius 2 is 1.86 bits per heavy atom. The van der Waals surface area contributed by atoms with E-state index in [0.29, 0.717) is 0 Å². The summed E-state index contributed by atoms with van der Waals surface area (Å²) in [5, 5.41) is 0. The lowest BCUT2D eigenvalue weighted by molar-refractivity contribution is -0.140. The molecule has 0 N–H and O–H groups in total. The second-order valence-electron chi connectivity index (χ2n) is 2.44. The van der Waals surface area contributed by atoms with E-state index < -0.39 is 33.5 Å². The van der Waals surface area contributed by atoms with Gasteiger partial charge in [-0.25, -0.2) is 8.42 Å². The van der Waals surface area contributed by atoms with Crippen molar-refractivity contribution < 1.29 is 31.1 Å². The Bertz CT molecular complexity index is 293. The highest BCUT2D eigenvalue weighted by atomic mass is 32.2. The molecule has 0 unspecified atom stereocenters. The number of carbonyl (C=O) groups is 1. The summed E-state index contributed by atoms with van der Waals surface area (Å²) in [6, 6.07) is 0. The molecule has 4 nitrogen and oxygen atoms in total. The normalized spacial score (nSPS) is 12.6. The van der Waals surface area contributed by atoms with Gasteiger partial charge in [0.15, 0.2) is 0 Å². The number of alkyl halides is 3. The van der Waals surface area contributed by atoms with Crippen LogP contribution in [0.2, 0.25) is 0 Å². The molecule has 0 aliphatic carbocycles. The number of ether oxygens (including phenoxy) is 1. The zero-order valence-corrected chi connectivity index (χ0v) is 8.11. The van der Waals surface area contributed by atoms with Crippen LogP contribution in [0.15, 0.2) is 0 Å². The van der Waals surface area contributed by atoms with Crippen LogP contribution in [0.4, 0.5) is 13.2 Å². The standard InChI is InChI=1S/C6H9F3O4S/c1-13-5(10)3-2-4-14(11,12)6(7,8)9/h2-4H2,1H3. The highest BCUT2D eigenvalue weighted by molar-refractivity contribution is 7.92. The van der Waals surface area contributed by atoms with E-state index in [1.165, 1.54) is 0 Å². The Kier molecular flexibility index (Phi) is 4.37. The van der Waals surface area contributed by atoms with E-state index in [4.69, 9.17) is 0 Å². The predicted molar refractivity (Wildman–Crippen MR) is 41.1 cm³/mol. The van der Waals surface area contributed by atoms with Gasteiger partial charge in [-0.1, -0.05) is 0 Å². The van der Waals surface area contributed by atoms with Crippen LogP contribution < -0.4 is 0 Å². The van der Waals surface area contributed by atoms with Crippen molar-refractivity contribution in [1.29, 1.82) is 0 Å². The van der Waals surface area contributed by atoms with Gasteiger partial charge in [0.1, 0.15) is 0 Å². The van der Waals surface area contributed by atoms with Crippen LogP contribution in [0.3, 0.4) is 0 Å². The third-order valence-electron chi connectivity index (χ3n) is 1.37. The summed E-state index contributed by atoms with van der Waals surface area (Å²) in [4.78, 5) is 10.4. The van der Waals surface area contributed by atoms with Gasteiger partial charge in [-0.05, 0) is 6.42 Å². The second kappa shape index (κ2) is 4.63. The highest BCUT2D eigenvalue weighted by Crippen LogP contribution is 2.24. The number of carbonyl (C=O) groups excluding carboxylic acids is 1. The van der Waals surface area contributed by atoms with Gasteiger partial charge in [0.2, 0.25) is 9.84 Å². The summed E-state index contributed by atoms with van der Waals surface area (Å²) < 4.78 is 60.2. The third-order valence-corrected chi connectivity index (χ3v) is 2.91. The number of hydrogen-bond acceptors (Lipinski definition) is 4. The smallest absolute Gasteiger partial charge is 0.469 e. The molecule has 0 aromatic heterocycles. The fourth-order valence-corrected chi connectivity index (χ4v) is 1.38. The van der Waals surface area contributed by atoms with Gasteiger partial charge in [0.25, 0.3) is 0 Å². The fraction of sp³-hybridized carbons (Fsp3) is 0.833. The third kappa shape index (κ3) is 3.95. The zero-order valence-electron chi connectivity index (χ0n) is 7.30. The van der Waals surface area contributed by atoms with Crippen LogP contribution in [-0.4, -0.2) is 32.8 Å². The molecule has 0 aromatic rings. The van der Waals surface area contributed by atoms with Crippen LogP contribution >= 0.6 is 0 Å². The maximum atomic E-state index is 11.7. The van der Waals surface area contributed by atoms with Gasteiger partial charge >= 0.3 is 11.5 Å². The number of esters is 1. The van der Waals surface area contributed by atoms with Gasteiger partial charge in [0.05, 0.1) is 12.9 Å². The van der Waals surface area contributed by atoms with Gasteiger partial charge in [-0.2, -0.15) is 13.2 Å². The van der Waals surface area contributed by atoms with Crippen molar-refractivity contribution in [1.82, 2.24) is 0 Å². The van der Waals surface area contributed by atoms with Crippen LogP contribution in [-0.2, 0) is 19.4 Å². The van der Waals surface area contributed by atoms with Crippen molar-refractivity contribution in [2.24, 2.45) is 0 Å². The predicted octanol–water partition coefficient (Wildman–Crippen LogP) is 0.874. The highest BCUT2D eigenvalue weighted by Gasteiger charge is 2.44. The summed E-state index contributed by atoms with van der Waals surface area (Å²) >= 11 is 0. The topological polar surface area (TPSA) is 60.4 Å². The van der Waals surface area contributed by atoms with Gasteiger partial charge in [0, 0.05) is 6.42 Å². The Morgan fingerprint density at radius 1 is 1.36 bits per heavy atom. The van der Waals surface area contributed by atoms with E-state index in [0.717, 1.165) is 7.11 Å². The van der Waals surface area contributed by atoms with Crippen molar-refractivity contribution in [3.63, 3.8) is 0 Å². The SMILES string of the molecule is COC(=O)CCCS(=O)(=O)C(F)(F)F. The monoisotopic (exact) mass is 234 g/mol. The minimum atomic E-state index is -5.25. The molecule has 0 bridgehead atoms. The van der Waals surface area contributed by atoms with Crippen LogP contribution in [0.5, 0.6) is 0 Å². The minimum absolute atomic E-state index is 0.341. The molecule has 0 saturated carbocycles. The Morgan fingerprint density at radius 3 is 2.21 bits per heavy atom. The number of sulfone groups is 1. The molecule has 0 spiro atoms. The zero-order chi connectivity index (χ0) is 11.4. The lowest BCUT2D eigenvalue weighted by Crippen LogP contribution is -2.26. The van der Waals surface area contributed by atoms with Crippen molar-refractivity contribution in [2.45, 2.75) is 18.3 Å². The molecule has 0 radical (unpaired) electrons. The first-order valence-electron chi connectivity index (χ1n) is 3.56. The summed E-state index contributed by atoms with van der Waals surface area (Å²) in [6.45, 7) is 0. The first-order valence-corrected chi connectivity index (χ1v) is 5.22. The lowest BCUT2D eigenvalue weighted by atomic mass is 10.3. The van der Waals surface area contributed by atoms with E-state index in [-0.39, 0.29) is 6.42 Å². The molecule has 0 aromatic carbocycles. The molecule has 0 saturated heterocycles. The summed E-state index contributed by atoms with van der Waals surface area (Å²) in [7, 11) is -4.04. The first kappa shape index (κ1) is 13.2. The summed E-state index contributed by atoms with van der Waals surface area (Å²) in [5.41, 5.74) is -5.25. The van der Waals surface area contributed by atoms with E-state index >= 15 is 0 Å². The Labute approximate surface area is 79.0 Å². The molecule has 0 heterocycles. The van der Waals surface area contributed by atoms with Crippen LogP contribution in [0.1, 0.15) is 12.8 Å². The number of methoxy groups -OCH3 is 1.